The van der Waals surface area contributed by atoms with E-state index in [1.165, 1.54) is 0 Å². The van der Waals surface area contributed by atoms with Crippen molar-refractivity contribution in [2.45, 2.75) is 19.3 Å². The molecule has 78 valence electrons. The van der Waals surface area contributed by atoms with Gasteiger partial charge in [-0.15, -0.1) is 0 Å². The Morgan fingerprint density at radius 1 is 1.53 bits per heavy atom. The molecule has 2 heterocycles. The third kappa shape index (κ3) is 2.87. The van der Waals surface area contributed by atoms with Crippen molar-refractivity contribution in [3.63, 3.8) is 0 Å². The molecule has 0 amide bonds. The summed E-state index contributed by atoms with van der Waals surface area (Å²) in [6.07, 6.45) is 7.08. The highest BCUT2D eigenvalue weighted by Gasteiger charge is 2.08. The van der Waals surface area contributed by atoms with E-state index < -0.39 is 0 Å². The number of aliphatic imine (C=N–C) groups is 1. The van der Waals surface area contributed by atoms with E-state index in [0.29, 0.717) is 18.6 Å². The van der Waals surface area contributed by atoms with Crippen LogP contribution < -0.4 is 0 Å². The smallest absolute Gasteiger partial charge is 0.144 e. The Morgan fingerprint density at radius 3 is 3.13 bits per heavy atom. The zero-order valence-electron chi connectivity index (χ0n) is 8.35. The van der Waals surface area contributed by atoms with Crippen molar-refractivity contribution >= 4 is 12.0 Å². The van der Waals surface area contributed by atoms with Crippen molar-refractivity contribution in [3.05, 3.63) is 29.7 Å². The number of hydrogen-bond acceptors (Lipinski definition) is 4. The Kier molecular flexibility index (Phi) is 3.07. The maximum Gasteiger partial charge on any atom is 0.144 e. The molecule has 0 spiro atoms. The summed E-state index contributed by atoms with van der Waals surface area (Å²) in [5, 5.41) is 3.55. The lowest BCUT2D eigenvalue weighted by molar-refractivity contribution is -0.118. The fraction of sp³-hybridized carbons (Fsp3) is 0.364. The SMILES string of the molecule is O=C(CCC1=CCN=C1)Cc1ccno1. The Bertz CT molecular complexity index is 391. The van der Waals surface area contributed by atoms with Crippen molar-refractivity contribution < 1.29 is 9.32 Å². The molecule has 1 aromatic heterocycles. The number of rotatable bonds is 5. The van der Waals surface area contributed by atoms with Gasteiger partial charge in [-0.05, 0) is 12.0 Å². The Balaban J connectivity index is 1.75. The van der Waals surface area contributed by atoms with Gasteiger partial charge < -0.3 is 4.52 Å². The minimum atomic E-state index is 0.174. The number of nitrogens with zero attached hydrogens (tertiary/aromatic N) is 2. The van der Waals surface area contributed by atoms with Gasteiger partial charge in [0.25, 0.3) is 0 Å². The number of ketones is 1. The second-order valence-electron chi connectivity index (χ2n) is 3.47. The number of carbonyl (C=O) groups is 1. The molecule has 0 unspecified atom stereocenters. The largest absolute Gasteiger partial charge is 0.361 e. The van der Waals surface area contributed by atoms with E-state index in [1.807, 2.05) is 12.3 Å². The molecule has 1 aromatic rings. The van der Waals surface area contributed by atoms with Gasteiger partial charge in [-0.3, -0.25) is 9.79 Å². The molecule has 0 saturated carbocycles. The van der Waals surface area contributed by atoms with E-state index in [-0.39, 0.29) is 5.78 Å². The molecule has 4 nitrogen and oxygen atoms in total. The first-order valence-corrected chi connectivity index (χ1v) is 4.95. The average Bonchev–Trinajstić information content (AvgIpc) is 2.86. The summed E-state index contributed by atoms with van der Waals surface area (Å²) in [5.41, 5.74) is 1.15. The molecule has 0 aliphatic carbocycles. The van der Waals surface area contributed by atoms with Gasteiger partial charge in [0.2, 0.25) is 0 Å². The highest BCUT2D eigenvalue weighted by atomic mass is 16.5. The highest BCUT2D eigenvalue weighted by Crippen LogP contribution is 2.09. The van der Waals surface area contributed by atoms with Gasteiger partial charge in [0, 0.05) is 18.7 Å². The number of Topliss-reactive ketones (excluding diaryl/α,β-unsaturated/α-hetero) is 1. The predicted octanol–water partition coefficient (Wildman–Crippen LogP) is 1.58. The van der Waals surface area contributed by atoms with E-state index in [4.69, 9.17) is 4.52 Å². The molecule has 0 atom stereocenters. The summed E-state index contributed by atoms with van der Waals surface area (Å²) >= 11 is 0. The number of carbonyl (C=O) groups excluding carboxylic acids is 1. The predicted molar refractivity (Wildman–Crippen MR) is 55.9 cm³/mol. The summed E-state index contributed by atoms with van der Waals surface area (Å²) in [6, 6.07) is 1.72. The zero-order valence-corrected chi connectivity index (χ0v) is 8.35. The van der Waals surface area contributed by atoms with Crippen LogP contribution in [0.3, 0.4) is 0 Å². The van der Waals surface area contributed by atoms with E-state index in [2.05, 4.69) is 10.1 Å². The molecule has 15 heavy (non-hydrogen) atoms. The van der Waals surface area contributed by atoms with Crippen LogP contribution in [0.1, 0.15) is 18.6 Å². The molecule has 4 heteroatoms. The monoisotopic (exact) mass is 204 g/mol. The second kappa shape index (κ2) is 4.68. The van der Waals surface area contributed by atoms with Crippen molar-refractivity contribution in [3.8, 4) is 0 Å². The minimum absolute atomic E-state index is 0.174. The Morgan fingerprint density at radius 2 is 2.47 bits per heavy atom. The first-order valence-electron chi connectivity index (χ1n) is 4.95. The second-order valence-corrected chi connectivity index (χ2v) is 3.47. The van der Waals surface area contributed by atoms with Gasteiger partial charge in [0.15, 0.2) is 0 Å². The maximum atomic E-state index is 11.5. The fourth-order valence-electron chi connectivity index (χ4n) is 1.46. The van der Waals surface area contributed by atoms with Gasteiger partial charge >= 0.3 is 0 Å². The number of allylic oxidation sites excluding steroid dienone is 1. The lowest BCUT2D eigenvalue weighted by Gasteiger charge is -1.97. The van der Waals surface area contributed by atoms with Crippen LogP contribution in [0.5, 0.6) is 0 Å². The summed E-state index contributed by atoms with van der Waals surface area (Å²) in [6.45, 7) is 0.756. The van der Waals surface area contributed by atoms with E-state index in [1.54, 1.807) is 12.3 Å². The van der Waals surface area contributed by atoms with E-state index >= 15 is 0 Å². The van der Waals surface area contributed by atoms with Gasteiger partial charge in [-0.2, -0.15) is 0 Å². The normalized spacial score (nSPS) is 14.3. The third-order valence-electron chi connectivity index (χ3n) is 2.27. The highest BCUT2D eigenvalue weighted by molar-refractivity contribution is 5.84. The quantitative estimate of drug-likeness (QED) is 0.731. The molecule has 2 rings (SSSR count). The summed E-state index contributed by atoms with van der Waals surface area (Å²) in [7, 11) is 0. The van der Waals surface area contributed by atoms with Crippen LogP contribution in [0.15, 0.2) is 33.4 Å². The minimum Gasteiger partial charge on any atom is -0.361 e. The molecule has 0 fully saturated rings. The van der Waals surface area contributed by atoms with Crippen molar-refractivity contribution in [2.24, 2.45) is 4.99 Å². The lowest BCUT2D eigenvalue weighted by atomic mass is 10.1. The van der Waals surface area contributed by atoms with Crippen LogP contribution in [-0.2, 0) is 11.2 Å². The molecule has 0 saturated heterocycles. The summed E-state index contributed by atoms with van der Waals surface area (Å²) < 4.78 is 4.86. The zero-order chi connectivity index (χ0) is 10.5. The third-order valence-corrected chi connectivity index (χ3v) is 2.27. The molecule has 1 aliphatic heterocycles. The van der Waals surface area contributed by atoms with Gasteiger partial charge in [-0.1, -0.05) is 11.2 Å². The molecular weight excluding hydrogens is 192 g/mol. The molecule has 0 aromatic carbocycles. The number of aromatic nitrogens is 1. The van der Waals surface area contributed by atoms with Gasteiger partial charge in [0.05, 0.1) is 19.2 Å². The van der Waals surface area contributed by atoms with Crippen LogP contribution in [0, 0.1) is 0 Å². The molecule has 0 bridgehead atoms. The van der Waals surface area contributed by atoms with Crippen LogP contribution in [-0.4, -0.2) is 23.7 Å². The Hall–Kier alpha value is -1.71. The maximum absolute atomic E-state index is 11.5. The van der Waals surface area contributed by atoms with Crippen LogP contribution in [0.4, 0.5) is 0 Å². The molecular formula is C11H12N2O2. The number of hydrogen-bond donors (Lipinski definition) is 0. The van der Waals surface area contributed by atoms with Crippen LogP contribution >= 0.6 is 0 Å². The van der Waals surface area contributed by atoms with Gasteiger partial charge in [0.1, 0.15) is 11.5 Å². The standard InChI is InChI=1S/C11H12N2O2/c14-10(7-11-4-6-13-15-11)2-1-9-3-5-12-8-9/h3-4,6,8H,1-2,5,7H2. The van der Waals surface area contributed by atoms with Gasteiger partial charge in [-0.25, -0.2) is 0 Å². The molecule has 1 aliphatic rings. The van der Waals surface area contributed by atoms with Crippen LogP contribution in [0.25, 0.3) is 0 Å². The molecule has 0 radical (unpaired) electrons. The lowest BCUT2D eigenvalue weighted by Crippen LogP contribution is -2.02. The Labute approximate surface area is 87.7 Å². The first kappa shape index (κ1) is 9.83. The van der Waals surface area contributed by atoms with Crippen LogP contribution in [0.2, 0.25) is 0 Å². The van der Waals surface area contributed by atoms with E-state index in [0.717, 1.165) is 18.5 Å². The average molecular weight is 204 g/mol. The van der Waals surface area contributed by atoms with E-state index in [9.17, 15) is 4.79 Å². The van der Waals surface area contributed by atoms with Crippen molar-refractivity contribution in [2.75, 3.05) is 6.54 Å². The van der Waals surface area contributed by atoms with Crippen molar-refractivity contribution in [1.82, 2.24) is 5.16 Å². The van der Waals surface area contributed by atoms with Crippen molar-refractivity contribution in [1.29, 1.82) is 0 Å². The summed E-state index contributed by atoms with van der Waals surface area (Å²) in [4.78, 5) is 15.6. The fourth-order valence-corrected chi connectivity index (χ4v) is 1.46. The topological polar surface area (TPSA) is 55.5 Å². The molecule has 0 N–H and O–H groups in total. The first-order chi connectivity index (χ1) is 7.34. The summed E-state index contributed by atoms with van der Waals surface area (Å²) in [5.74, 6) is 0.807.